The molecule has 1 amide bonds. The minimum absolute atomic E-state index is 0.174. The monoisotopic (exact) mass is 334 g/mol. The molecule has 128 valence electrons. The Morgan fingerprint density at radius 2 is 2.04 bits per heavy atom. The van der Waals surface area contributed by atoms with Crippen molar-refractivity contribution >= 4 is 11.6 Å². The first-order chi connectivity index (χ1) is 11.5. The fraction of sp³-hybridized carbons (Fsp3) is 0.471. The largest absolute Gasteiger partial charge is 0.333 e. The SMILES string of the molecule is CC1CCC[C@@H](C)C(=O)Nc2cnn(C(F)F)c2-c2ccnc1c2. The first-order valence-electron chi connectivity index (χ1n) is 8.10. The van der Waals surface area contributed by atoms with Gasteiger partial charge < -0.3 is 5.32 Å². The number of pyridine rings is 1. The Morgan fingerprint density at radius 3 is 2.79 bits per heavy atom. The van der Waals surface area contributed by atoms with Crippen molar-refractivity contribution in [3.63, 3.8) is 0 Å². The van der Waals surface area contributed by atoms with Crippen molar-refractivity contribution in [2.75, 3.05) is 5.32 Å². The summed E-state index contributed by atoms with van der Waals surface area (Å²) in [6.45, 7) is 1.12. The van der Waals surface area contributed by atoms with Crippen molar-refractivity contribution in [2.24, 2.45) is 5.92 Å². The van der Waals surface area contributed by atoms with Crippen molar-refractivity contribution in [3.05, 3.63) is 30.2 Å². The zero-order valence-electron chi connectivity index (χ0n) is 13.7. The first kappa shape index (κ1) is 16.5. The third-order valence-corrected chi connectivity index (χ3v) is 4.52. The van der Waals surface area contributed by atoms with Gasteiger partial charge in [-0.1, -0.05) is 20.3 Å². The molecule has 2 atom stereocenters. The first-order valence-corrected chi connectivity index (χ1v) is 8.10. The summed E-state index contributed by atoms with van der Waals surface area (Å²) in [6.07, 6.45) is 5.44. The number of anilines is 1. The topological polar surface area (TPSA) is 59.8 Å². The Kier molecular flexibility index (Phi) is 4.59. The lowest BCUT2D eigenvalue weighted by molar-refractivity contribution is -0.119. The minimum Gasteiger partial charge on any atom is -0.323 e. The van der Waals surface area contributed by atoms with Crippen LogP contribution in [0.2, 0.25) is 0 Å². The highest BCUT2D eigenvalue weighted by Gasteiger charge is 2.23. The molecule has 3 rings (SSSR count). The average Bonchev–Trinajstić information content (AvgIpc) is 2.97. The van der Waals surface area contributed by atoms with Gasteiger partial charge in [0.2, 0.25) is 5.91 Å². The molecule has 0 radical (unpaired) electrons. The van der Waals surface area contributed by atoms with Gasteiger partial charge in [0.15, 0.2) is 0 Å². The van der Waals surface area contributed by atoms with Crippen LogP contribution in [0.25, 0.3) is 11.3 Å². The van der Waals surface area contributed by atoms with Crippen LogP contribution in [0.5, 0.6) is 0 Å². The maximum atomic E-state index is 13.3. The van der Waals surface area contributed by atoms with Crippen LogP contribution in [0.1, 0.15) is 51.3 Å². The number of rotatable bonds is 1. The zero-order valence-corrected chi connectivity index (χ0v) is 13.7. The molecule has 0 fully saturated rings. The molecule has 2 aromatic heterocycles. The van der Waals surface area contributed by atoms with Crippen molar-refractivity contribution in [3.8, 4) is 11.3 Å². The fourth-order valence-corrected chi connectivity index (χ4v) is 3.02. The van der Waals surface area contributed by atoms with Gasteiger partial charge in [-0.05, 0) is 30.9 Å². The molecule has 0 saturated carbocycles. The second-order valence-corrected chi connectivity index (χ2v) is 6.32. The molecular formula is C17H20F2N4O. The number of alkyl halides is 2. The van der Waals surface area contributed by atoms with Crippen LogP contribution in [0.4, 0.5) is 14.5 Å². The third-order valence-electron chi connectivity index (χ3n) is 4.52. The summed E-state index contributed by atoms with van der Waals surface area (Å²) in [5.74, 6) is -0.163. The van der Waals surface area contributed by atoms with Crippen LogP contribution in [0, 0.1) is 5.92 Å². The molecule has 0 spiro atoms. The standard InChI is InChI=1S/C17H20F2N4O/c1-10-4-3-5-11(2)16(24)22-14-9-21-23(17(18)19)15(14)12-6-7-20-13(10)8-12/h6-11,17H,3-5H2,1-2H3,(H,22,24)/t10?,11-/m1/s1. The number of hydrogen-bond donors (Lipinski definition) is 1. The van der Waals surface area contributed by atoms with E-state index in [1.807, 2.05) is 6.92 Å². The molecular weight excluding hydrogens is 314 g/mol. The number of amides is 1. The van der Waals surface area contributed by atoms with Gasteiger partial charge in [0.1, 0.15) is 0 Å². The van der Waals surface area contributed by atoms with E-state index in [4.69, 9.17) is 0 Å². The van der Waals surface area contributed by atoms with E-state index in [1.165, 1.54) is 6.20 Å². The van der Waals surface area contributed by atoms with E-state index in [-0.39, 0.29) is 23.4 Å². The quantitative estimate of drug-likeness (QED) is 0.850. The Hall–Kier alpha value is -2.31. The smallest absolute Gasteiger partial charge is 0.323 e. The normalized spacial score (nSPS) is 21.6. The minimum atomic E-state index is -2.79. The molecule has 1 unspecified atom stereocenters. The Balaban J connectivity index is 2.15. The summed E-state index contributed by atoms with van der Waals surface area (Å²) in [6, 6.07) is 3.47. The lowest BCUT2D eigenvalue weighted by atomic mass is 9.94. The number of hydrogen-bond acceptors (Lipinski definition) is 3. The van der Waals surface area contributed by atoms with Crippen LogP contribution in [-0.2, 0) is 4.79 Å². The molecule has 0 aliphatic carbocycles. The Bertz CT molecular complexity index is 744. The highest BCUT2D eigenvalue weighted by molar-refractivity contribution is 5.95. The van der Waals surface area contributed by atoms with Crippen molar-refractivity contribution < 1.29 is 13.6 Å². The van der Waals surface area contributed by atoms with Gasteiger partial charge in [0, 0.05) is 23.4 Å². The van der Waals surface area contributed by atoms with Crippen LogP contribution in [-0.4, -0.2) is 20.7 Å². The van der Waals surface area contributed by atoms with Gasteiger partial charge in [-0.15, -0.1) is 0 Å². The Morgan fingerprint density at radius 1 is 1.29 bits per heavy atom. The third kappa shape index (κ3) is 3.16. The molecule has 0 aromatic carbocycles. The van der Waals surface area contributed by atoms with Gasteiger partial charge in [-0.25, -0.2) is 4.68 Å². The maximum absolute atomic E-state index is 13.3. The summed E-state index contributed by atoms with van der Waals surface area (Å²) in [4.78, 5) is 16.7. The highest BCUT2D eigenvalue weighted by atomic mass is 19.3. The van der Waals surface area contributed by atoms with E-state index in [0.29, 0.717) is 15.9 Å². The summed E-state index contributed by atoms with van der Waals surface area (Å²) in [5, 5.41) is 6.50. The molecule has 1 N–H and O–H groups in total. The summed E-state index contributed by atoms with van der Waals surface area (Å²) in [5.41, 5.74) is 1.95. The number of nitrogens with one attached hydrogen (secondary N) is 1. The van der Waals surface area contributed by atoms with Crippen molar-refractivity contribution in [1.29, 1.82) is 0 Å². The van der Waals surface area contributed by atoms with Gasteiger partial charge in [0.05, 0.1) is 17.6 Å². The van der Waals surface area contributed by atoms with E-state index in [0.717, 1.165) is 25.0 Å². The molecule has 7 heteroatoms. The molecule has 0 saturated heterocycles. The van der Waals surface area contributed by atoms with E-state index in [9.17, 15) is 13.6 Å². The molecule has 5 nitrogen and oxygen atoms in total. The predicted molar refractivity (Wildman–Crippen MR) is 86.8 cm³/mol. The summed E-state index contributed by atoms with van der Waals surface area (Å²) < 4.78 is 27.3. The number of aromatic nitrogens is 3. The molecule has 1 aliphatic heterocycles. The lowest BCUT2D eigenvalue weighted by Gasteiger charge is -2.18. The Labute approximate surface area is 139 Å². The predicted octanol–water partition coefficient (Wildman–Crippen LogP) is 4.20. The summed E-state index contributed by atoms with van der Waals surface area (Å²) >= 11 is 0. The highest BCUT2D eigenvalue weighted by Crippen LogP contribution is 2.34. The summed E-state index contributed by atoms with van der Waals surface area (Å²) in [7, 11) is 0. The zero-order chi connectivity index (χ0) is 17.3. The van der Waals surface area contributed by atoms with Gasteiger partial charge in [-0.3, -0.25) is 9.78 Å². The molecule has 2 bridgehead atoms. The number of halogens is 2. The van der Waals surface area contributed by atoms with Gasteiger partial charge in [-0.2, -0.15) is 13.9 Å². The van der Waals surface area contributed by atoms with Gasteiger partial charge in [0.25, 0.3) is 0 Å². The second kappa shape index (κ2) is 6.67. The maximum Gasteiger partial charge on any atom is 0.333 e. The molecule has 24 heavy (non-hydrogen) atoms. The van der Waals surface area contributed by atoms with Crippen LogP contribution >= 0.6 is 0 Å². The number of nitrogens with zero attached hydrogens (tertiary/aromatic N) is 3. The lowest BCUT2D eigenvalue weighted by Crippen LogP contribution is -2.21. The average molecular weight is 334 g/mol. The van der Waals surface area contributed by atoms with Crippen LogP contribution in [0.15, 0.2) is 24.5 Å². The van der Waals surface area contributed by atoms with Crippen molar-refractivity contribution in [2.45, 2.75) is 45.6 Å². The number of carbonyl (C=O) groups excluding carboxylic acids is 1. The molecule has 2 aromatic rings. The second-order valence-electron chi connectivity index (χ2n) is 6.32. The van der Waals surface area contributed by atoms with E-state index >= 15 is 0 Å². The van der Waals surface area contributed by atoms with E-state index < -0.39 is 6.55 Å². The van der Waals surface area contributed by atoms with Gasteiger partial charge >= 0.3 is 6.55 Å². The number of fused-ring (bicyclic) bond motifs is 4. The molecule has 1 aliphatic rings. The fourth-order valence-electron chi connectivity index (χ4n) is 3.02. The van der Waals surface area contributed by atoms with Crippen molar-refractivity contribution in [1.82, 2.24) is 14.8 Å². The van der Waals surface area contributed by atoms with Crippen LogP contribution < -0.4 is 5.32 Å². The van der Waals surface area contributed by atoms with E-state index in [2.05, 4.69) is 22.3 Å². The number of carbonyl (C=O) groups is 1. The molecule has 3 heterocycles. The van der Waals surface area contributed by atoms with E-state index in [1.54, 1.807) is 18.3 Å². The van der Waals surface area contributed by atoms with Crippen LogP contribution in [0.3, 0.4) is 0 Å².